The van der Waals surface area contributed by atoms with Crippen molar-refractivity contribution in [1.82, 2.24) is 30.1 Å². The van der Waals surface area contributed by atoms with Crippen molar-refractivity contribution in [1.29, 1.82) is 0 Å². The predicted octanol–water partition coefficient (Wildman–Crippen LogP) is 2.67. The number of hydrogen-bond acceptors (Lipinski definition) is 6. The second kappa shape index (κ2) is 7.92. The van der Waals surface area contributed by atoms with Crippen molar-refractivity contribution < 1.29 is 4.74 Å². The van der Waals surface area contributed by atoms with Crippen LogP contribution in [0.1, 0.15) is 60.3 Å². The van der Waals surface area contributed by atoms with Crippen molar-refractivity contribution >= 4 is 10.9 Å². The number of benzene rings is 1. The molecule has 2 aromatic heterocycles. The molecule has 0 radical (unpaired) electrons. The summed E-state index contributed by atoms with van der Waals surface area (Å²) in [7, 11) is 0. The van der Waals surface area contributed by atoms with Gasteiger partial charge in [-0.3, -0.25) is 9.69 Å². The first-order valence-electron chi connectivity index (χ1n) is 10.9. The third-order valence-corrected chi connectivity index (χ3v) is 6.48. The van der Waals surface area contributed by atoms with Gasteiger partial charge in [-0.05, 0) is 60.4 Å². The molecule has 1 atom stereocenters. The summed E-state index contributed by atoms with van der Waals surface area (Å²) in [5, 5.41) is 13.9. The van der Waals surface area contributed by atoms with E-state index in [1.165, 1.54) is 12.8 Å². The molecule has 2 fully saturated rings. The van der Waals surface area contributed by atoms with Crippen molar-refractivity contribution in [2.24, 2.45) is 0 Å². The van der Waals surface area contributed by atoms with Gasteiger partial charge < -0.3 is 9.72 Å². The molecular formula is C22H28N6O2. The van der Waals surface area contributed by atoms with Gasteiger partial charge in [-0.25, -0.2) is 4.68 Å². The van der Waals surface area contributed by atoms with Crippen molar-refractivity contribution in [2.45, 2.75) is 51.6 Å². The number of nitrogens with zero attached hydrogens (tertiary/aromatic N) is 5. The third kappa shape index (κ3) is 3.44. The van der Waals surface area contributed by atoms with Gasteiger partial charge in [0.05, 0.1) is 19.3 Å². The standard InChI is InChI=1S/C22H28N6O2/c1-14-11-15(2)17-13-18(22(29)23-19(17)12-14)20(27-7-9-30-10-8-27)21-24-25-26-28(21)16-5-3-4-6-16/h11-13,16,20H,3-10H2,1-2H3,(H,23,29)/t20-/m1/s1. The summed E-state index contributed by atoms with van der Waals surface area (Å²) in [5.74, 6) is 0.762. The van der Waals surface area contributed by atoms with Crippen LogP contribution in [0.5, 0.6) is 0 Å². The lowest BCUT2D eigenvalue weighted by molar-refractivity contribution is 0.0211. The van der Waals surface area contributed by atoms with E-state index >= 15 is 0 Å². The van der Waals surface area contributed by atoms with E-state index in [1.54, 1.807) is 0 Å². The topological polar surface area (TPSA) is 88.9 Å². The third-order valence-electron chi connectivity index (χ3n) is 6.48. The highest BCUT2D eigenvalue weighted by Crippen LogP contribution is 2.34. The molecule has 0 amide bonds. The number of fused-ring (bicyclic) bond motifs is 1. The summed E-state index contributed by atoms with van der Waals surface area (Å²) in [5.41, 5.74) is 3.78. The number of ether oxygens (including phenoxy) is 1. The minimum absolute atomic E-state index is 0.0787. The fourth-order valence-electron chi connectivity index (χ4n) is 5.02. The molecule has 5 rings (SSSR count). The second-order valence-corrected chi connectivity index (χ2v) is 8.57. The molecule has 8 nitrogen and oxygen atoms in total. The van der Waals surface area contributed by atoms with E-state index in [4.69, 9.17) is 4.74 Å². The Morgan fingerprint density at radius 1 is 1.13 bits per heavy atom. The van der Waals surface area contributed by atoms with Crippen molar-refractivity contribution in [2.75, 3.05) is 26.3 Å². The van der Waals surface area contributed by atoms with Crippen LogP contribution in [0.3, 0.4) is 0 Å². The lowest BCUT2D eigenvalue weighted by Crippen LogP contribution is -2.42. The molecule has 0 bridgehead atoms. The van der Waals surface area contributed by atoms with Gasteiger partial charge in [0.2, 0.25) is 0 Å². The Morgan fingerprint density at radius 2 is 1.90 bits per heavy atom. The number of morpholine rings is 1. The Labute approximate surface area is 175 Å². The van der Waals surface area contributed by atoms with Gasteiger partial charge in [-0.1, -0.05) is 18.9 Å². The minimum Gasteiger partial charge on any atom is -0.379 e. The number of pyridine rings is 1. The lowest BCUT2D eigenvalue weighted by atomic mass is 9.99. The molecule has 2 aliphatic rings. The number of aromatic nitrogens is 5. The number of H-pyrrole nitrogens is 1. The Morgan fingerprint density at radius 3 is 2.67 bits per heavy atom. The molecule has 1 N–H and O–H groups in total. The van der Waals surface area contributed by atoms with Gasteiger partial charge in [0.15, 0.2) is 5.82 Å². The number of aryl methyl sites for hydroxylation is 2. The second-order valence-electron chi connectivity index (χ2n) is 8.57. The molecule has 158 valence electrons. The van der Waals surface area contributed by atoms with E-state index in [1.807, 2.05) is 23.7 Å². The zero-order chi connectivity index (χ0) is 20.7. The highest BCUT2D eigenvalue weighted by Gasteiger charge is 2.33. The van der Waals surface area contributed by atoms with Gasteiger partial charge in [0.25, 0.3) is 5.56 Å². The van der Waals surface area contributed by atoms with Crippen molar-refractivity contribution in [3.63, 3.8) is 0 Å². The van der Waals surface area contributed by atoms with Crippen LogP contribution in [0.15, 0.2) is 23.0 Å². The summed E-state index contributed by atoms with van der Waals surface area (Å²) >= 11 is 0. The van der Waals surface area contributed by atoms with Gasteiger partial charge in [0, 0.05) is 29.6 Å². The summed E-state index contributed by atoms with van der Waals surface area (Å²) in [6, 6.07) is 6.23. The molecule has 30 heavy (non-hydrogen) atoms. The molecular weight excluding hydrogens is 380 g/mol. The molecule has 1 saturated heterocycles. The molecule has 1 aliphatic heterocycles. The SMILES string of the molecule is Cc1cc(C)c2cc([C@H](c3nnnn3C3CCCC3)N3CCOCC3)c(=O)[nH]c2c1. The number of hydrogen-bond donors (Lipinski definition) is 1. The van der Waals surface area contributed by atoms with Crippen LogP contribution >= 0.6 is 0 Å². The maximum absolute atomic E-state index is 13.3. The fraction of sp³-hybridized carbons (Fsp3) is 0.545. The molecule has 0 spiro atoms. The highest BCUT2D eigenvalue weighted by molar-refractivity contribution is 5.83. The van der Waals surface area contributed by atoms with Crippen molar-refractivity contribution in [3.8, 4) is 0 Å². The van der Waals surface area contributed by atoms with E-state index in [0.29, 0.717) is 24.8 Å². The molecule has 1 aliphatic carbocycles. The first-order chi connectivity index (χ1) is 14.6. The maximum Gasteiger partial charge on any atom is 0.253 e. The highest BCUT2D eigenvalue weighted by atomic mass is 16.5. The van der Waals surface area contributed by atoms with E-state index in [-0.39, 0.29) is 11.6 Å². The van der Waals surface area contributed by atoms with E-state index < -0.39 is 0 Å². The molecule has 3 aromatic rings. The summed E-state index contributed by atoms with van der Waals surface area (Å²) in [4.78, 5) is 18.7. The smallest absolute Gasteiger partial charge is 0.253 e. The predicted molar refractivity (Wildman–Crippen MR) is 114 cm³/mol. The molecule has 8 heteroatoms. The van der Waals surface area contributed by atoms with Crippen LogP contribution in [-0.4, -0.2) is 56.4 Å². The summed E-state index contributed by atoms with van der Waals surface area (Å²) in [6.07, 6.45) is 4.56. The number of rotatable bonds is 4. The average molecular weight is 409 g/mol. The van der Waals surface area contributed by atoms with E-state index in [9.17, 15) is 4.79 Å². The molecule has 1 saturated carbocycles. The molecule has 3 heterocycles. The van der Waals surface area contributed by atoms with Gasteiger partial charge >= 0.3 is 0 Å². The largest absolute Gasteiger partial charge is 0.379 e. The molecule has 0 unspecified atom stereocenters. The minimum atomic E-state index is -0.293. The first-order valence-corrected chi connectivity index (χ1v) is 10.9. The van der Waals surface area contributed by atoms with Gasteiger partial charge in [0.1, 0.15) is 6.04 Å². The fourth-order valence-corrected chi connectivity index (χ4v) is 5.02. The zero-order valence-corrected chi connectivity index (χ0v) is 17.6. The molecule has 1 aromatic carbocycles. The van der Waals surface area contributed by atoms with E-state index in [0.717, 1.165) is 53.8 Å². The van der Waals surface area contributed by atoms with E-state index in [2.05, 4.69) is 38.4 Å². The van der Waals surface area contributed by atoms with Crippen LogP contribution in [0, 0.1) is 13.8 Å². The maximum atomic E-state index is 13.3. The van der Waals surface area contributed by atoms with Crippen LogP contribution < -0.4 is 5.56 Å². The van der Waals surface area contributed by atoms with Gasteiger partial charge in [-0.15, -0.1) is 5.10 Å². The number of tetrazole rings is 1. The summed E-state index contributed by atoms with van der Waals surface area (Å²) < 4.78 is 7.55. The summed E-state index contributed by atoms with van der Waals surface area (Å²) in [6.45, 7) is 6.91. The normalized spacial score (nSPS) is 19.5. The van der Waals surface area contributed by atoms with Crippen LogP contribution in [-0.2, 0) is 4.74 Å². The lowest BCUT2D eigenvalue weighted by Gasteiger charge is -2.34. The van der Waals surface area contributed by atoms with Crippen LogP contribution in [0.4, 0.5) is 0 Å². The number of nitrogens with one attached hydrogen (secondary N) is 1. The number of aromatic amines is 1. The monoisotopic (exact) mass is 408 g/mol. The van der Waals surface area contributed by atoms with Crippen LogP contribution in [0.25, 0.3) is 10.9 Å². The quantitative estimate of drug-likeness (QED) is 0.714. The Kier molecular flexibility index (Phi) is 5.12. The van der Waals surface area contributed by atoms with Crippen LogP contribution in [0.2, 0.25) is 0 Å². The van der Waals surface area contributed by atoms with Gasteiger partial charge in [-0.2, -0.15) is 0 Å². The Bertz CT molecular complexity index is 1110. The Hall–Kier alpha value is -2.58. The Balaban J connectivity index is 1.67. The first kappa shape index (κ1) is 19.4. The van der Waals surface area contributed by atoms with Crippen molar-refractivity contribution in [3.05, 3.63) is 51.1 Å². The zero-order valence-electron chi connectivity index (χ0n) is 17.6. The average Bonchev–Trinajstić information content (AvgIpc) is 3.41.